The number of likely N-dealkylation sites (tertiary alicyclic amines) is 1. The zero-order valence-electron chi connectivity index (χ0n) is 15.5. The van der Waals surface area contributed by atoms with E-state index in [0.717, 1.165) is 36.2 Å². The molecular formula is C19H20FIN6OS. The van der Waals surface area contributed by atoms with Gasteiger partial charge in [-0.25, -0.2) is 14.4 Å². The highest BCUT2D eigenvalue weighted by atomic mass is 127. The Morgan fingerprint density at radius 1 is 1.34 bits per heavy atom. The van der Waals surface area contributed by atoms with Gasteiger partial charge in [0.1, 0.15) is 18.0 Å². The fraction of sp³-hybridized carbons (Fsp3) is 0.316. The first kappa shape index (κ1) is 20.2. The molecule has 0 aliphatic carbocycles. The summed E-state index contributed by atoms with van der Waals surface area (Å²) in [7, 11) is 1.55. The van der Waals surface area contributed by atoms with Crippen molar-refractivity contribution in [2.45, 2.75) is 18.9 Å². The molecule has 0 radical (unpaired) electrons. The van der Waals surface area contributed by atoms with Gasteiger partial charge in [0.25, 0.3) is 0 Å². The number of benzene rings is 1. The Balaban J connectivity index is 1.38. The normalized spacial score (nSPS) is 16.8. The average molecular weight is 526 g/mol. The number of nitrogens with one attached hydrogen (secondary N) is 2. The Morgan fingerprint density at radius 3 is 3.07 bits per heavy atom. The third kappa shape index (κ3) is 4.74. The number of nitrogens with zero attached hydrogens (tertiary/aromatic N) is 4. The molecule has 1 fully saturated rings. The van der Waals surface area contributed by atoms with Gasteiger partial charge in [-0.2, -0.15) is 0 Å². The molecule has 2 N–H and O–H groups in total. The van der Waals surface area contributed by atoms with E-state index in [4.69, 9.17) is 0 Å². The highest BCUT2D eigenvalue weighted by Gasteiger charge is 2.24. The third-order valence-corrected chi connectivity index (χ3v) is 6.62. The first-order chi connectivity index (χ1) is 14.1. The summed E-state index contributed by atoms with van der Waals surface area (Å²) in [6.07, 6.45) is 5.41. The van der Waals surface area contributed by atoms with E-state index in [2.05, 4.69) is 41.8 Å². The lowest BCUT2D eigenvalue weighted by atomic mass is 10.1. The van der Waals surface area contributed by atoms with Crippen LogP contribution in [0.1, 0.15) is 12.8 Å². The molecule has 1 aliphatic heterocycles. The molecule has 1 amide bonds. The minimum absolute atomic E-state index is 0.000982. The van der Waals surface area contributed by atoms with Crippen LogP contribution in [-0.4, -0.2) is 50.4 Å². The lowest BCUT2D eigenvalue weighted by Gasteiger charge is -2.33. The number of carbonyl (C=O) groups is 1. The van der Waals surface area contributed by atoms with Crippen LogP contribution in [0, 0.1) is 5.82 Å². The number of anilines is 2. The Hall–Kier alpha value is -2.08. The standard InChI is InChI=1S/C19H20FIN6OS/c20-13-3-1-4-14(9-13)22-10-17(28)26-7-2-5-15(11-26)25-18-16-6-8-27(29-21)19(16)24-12-23-18/h1,3-4,6,8-9,12,15,22H,2,5,7,10-11H2,(H,23,24,25). The van der Waals surface area contributed by atoms with Gasteiger partial charge in [-0.05, 0) is 37.1 Å². The lowest BCUT2D eigenvalue weighted by Crippen LogP contribution is -2.47. The highest BCUT2D eigenvalue weighted by Crippen LogP contribution is 2.27. The molecule has 1 aliphatic rings. The number of carbonyl (C=O) groups excluding carboxylic acids is 1. The van der Waals surface area contributed by atoms with Crippen LogP contribution < -0.4 is 10.6 Å². The number of hydrogen-bond donors (Lipinski definition) is 2. The van der Waals surface area contributed by atoms with Crippen molar-refractivity contribution in [3.63, 3.8) is 0 Å². The van der Waals surface area contributed by atoms with Crippen molar-refractivity contribution in [1.82, 2.24) is 18.8 Å². The third-order valence-electron chi connectivity index (χ3n) is 4.91. The summed E-state index contributed by atoms with van der Waals surface area (Å²) in [5.41, 5.74) is 1.47. The molecular weight excluding hydrogens is 506 g/mol. The summed E-state index contributed by atoms with van der Waals surface area (Å²) >= 11 is 2.22. The molecule has 10 heteroatoms. The van der Waals surface area contributed by atoms with E-state index in [9.17, 15) is 9.18 Å². The first-order valence-electron chi connectivity index (χ1n) is 9.29. The van der Waals surface area contributed by atoms with Gasteiger partial charge in [0.2, 0.25) is 5.91 Å². The summed E-state index contributed by atoms with van der Waals surface area (Å²) in [5.74, 6) is 0.466. The minimum Gasteiger partial charge on any atom is -0.376 e. The predicted octanol–water partition coefficient (Wildman–Crippen LogP) is 3.93. The van der Waals surface area contributed by atoms with E-state index in [0.29, 0.717) is 12.2 Å². The Bertz CT molecular complexity index is 1020. The van der Waals surface area contributed by atoms with Crippen molar-refractivity contribution in [3.05, 3.63) is 48.7 Å². The van der Waals surface area contributed by atoms with Crippen molar-refractivity contribution in [3.8, 4) is 0 Å². The average Bonchev–Trinajstić information content (AvgIpc) is 3.16. The Labute approximate surface area is 184 Å². The number of piperidine rings is 1. The lowest BCUT2D eigenvalue weighted by molar-refractivity contribution is -0.130. The molecule has 1 saturated heterocycles. The second kappa shape index (κ2) is 9.16. The van der Waals surface area contributed by atoms with Crippen molar-refractivity contribution < 1.29 is 9.18 Å². The number of rotatable bonds is 6. The fourth-order valence-corrected chi connectivity index (χ4v) is 4.77. The van der Waals surface area contributed by atoms with Crippen LogP contribution in [0.5, 0.6) is 0 Å². The molecule has 4 rings (SSSR count). The van der Waals surface area contributed by atoms with Crippen molar-refractivity contribution in [2.75, 3.05) is 30.3 Å². The van der Waals surface area contributed by atoms with Gasteiger partial charge in [-0.1, -0.05) is 6.07 Å². The second-order valence-electron chi connectivity index (χ2n) is 6.86. The van der Waals surface area contributed by atoms with Crippen molar-refractivity contribution >= 4 is 58.8 Å². The molecule has 2 aromatic heterocycles. The Kier molecular flexibility index (Phi) is 6.38. The molecule has 0 spiro atoms. The quantitative estimate of drug-likeness (QED) is 0.475. The maximum atomic E-state index is 13.3. The zero-order valence-corrected chi connectivity index (χ0v) is 18.5. The van der Waals surface area contributed by atoms with E-state index in [-0.39, 0.29) is 24.3 Å². The van der Waals surface area contributed by atoms with Crippen LogP contribution in [0.4, 0.5) is 15.9 Å². The molecule has 1 atom stereocenters. The van der Waals surface area contributed by atoms with Crippen LogP contribution in [0.3, 0.4) is 0 Å². The summed E-state index contributed by atoms with van der Waals surface area (Å²) in [5, 5.41) is 7.46. The smallest absolute Gasteiger partial charge is 0.241 e. The van der Waals surface area contributed by atoms with E-state index >= 15 is 0 Å². The number of amides is 1. The first-order valence-corrected chi connectivity index (χ1v) is 12.6. The SMILES string of the molecule is O=C(CNc1cccc(F)c1)N1CCCC(Nc2ncnc3c2ccn3SI)C1. The molecule has 1 unspecified atom stereocenters. The molecule has 152 valence electrons. The fourth-order valence-electron chi connectivity index (χ4n) is 3.50. The monoisotopic (exact) mass is 526 g/mol. The number of hydrogen-bond acceptors (Lipinski definition) is 6. The van der Waals surface area contributed by atoms with E-state index in [1.54, 1.807) is 27.6 Å². The largest absolute Gasteiger partial charge is 0.376 e. The van der Waals surface area contributed by atoms with Gasteiger partial charge < -0.3 is 15.5 Å². The van der Waals surface area contributed by atoms with Gasteiger partial charge in [0.05, 0.1) is 11.9 Å². The van der Waals surface area contributed by atoms with Gasteiger partial charge in [0, 0.05) is 61.3 Å². The van der Waals surface area contributed by atoms with Gasteiger partial charge in [-0.15, -0.1) is 0 Å². The Morgan fingerprint density at radius 2 is 2.24 bits per heavy atom. The molecule has 3 aromatic rings. The second-order valence-corrected chi connectivity index (χ2v) is 8.57. The van der Waals surface area contributed by atoms with Gasteiger partial charge in [0.15, 0.2) is 5.65 Å². The van der Waals surface area contributed by atoms with Crippen LogP contribution in [0.25, 0.3) is 11.0 Å². The molecule has 7 nitrogen and oxygen atoms in total. The number of halogens is 2. The summed E-state index contributed by atoms with van der Waals surface area (Å²) in [4.78, 5) is 23.2. The highest BCUT2D eigenvalue weighted by molar-refractivity contribution is 14.2. The summed E-state index contributed by atoms with van der Waals surface area (Å²) < 4.78 is 15.3. The van der Waals surface area contributed by atoms with E-state index in [1.807, 2.05) is 21.1 Å². The number of aromatic nitrogens is 3. The van der Waals surface area contributed by atoms with Crippen LogP contribution in [-0.2, 0) is 4.79 Å². The van der Waals surface area contributed by atoms with Crippen molar-refractivity contribution in [2.24, 2.45) is 0 Å². The van der Waals surface area contributed by atoms with Crippen LogP contribution in [0.2, 0.25) is 0 Å². The topological polar surface area (TPSA) is 75.1 Å². The number of fused-ring (bicyclic) bond motifs is 1. The minimum atomic E-state index is -0.323. The summed E-state index contributed by atoms with van der Waals surface area (Å²) in [6.45, 7) is 1.48. The molecule has 29 heavy (non-hydrogen) atoms. The van der Waals surface area contributed by atoms with Gasteiger partial charge >= 0.3 is 0 Å². The van der Waals surface area contributed by atoms with Gasteiger partial charge in [-0.3, -0.25) is 8.77 Å². The van der Waals surface area contributed by atoms with Crippen molar-refractivity contribution in [1.29, 1.82) is 0 Å². The summed E-state index contributed by atoms with van der Waals surface area (Å²) in [6, 6.07) is 8.25. The zero-order chi connectivity index (χ0) is 20.2. The van der Waals surface area contributed by atoms with Crippen LogP contribution in [0.15, 0.2) is 42.9 Å². The van der Waals surface area contributed by atoms with E-state index in [1.165, 1.54) is 12.1 Å². The predicted molar refractivity (Wildman–Crippen MR) is 123 cm³/mol. The van der Waals surface area contributed by atoms with Crippen LogP contribution >= 0.6 is 30.3 Å². The maximum absolute atomic E-state index is 13.3. The van der Waals surface area contributed by atoms with E-state index < -0.39 is 0 Å². The molecule has 1 aromatic carbocycles. The molecule has 0 saturated carbocycles. The maximum Gasteiger partial charge on any atom is 0.241 e. The molecule has 0 bridgehead atoms. The molecule has 3 heterocycles.